The van der Waals surface area contributed by atoms with Crippen molar-refractivity contribution < 1.29 is 9.47 Å². The Morgan fingerprint density at radius 2 is 1.80 bits per heavy atom. The zero-order chi connectivity index (χ0) is 17.9. The zero-order valence-electron chi connectivity index (χ0n) is 14.5. The highest BCUT2D eigenvalue weighted by atomic mass is 32.1. The van der Waals surface area contributed by atoms with E-state index in [1.54, 1.807) is 6.21 Å². The highest BCUT2D eigenvalue weighted by Crippen LogP contribution is 2.16. The lowest BCUT2D eigenvalue weighted by atomic mass is 10.2. The van der Waals surface area contributed by atoms with Gasteiger partial charge in [0.15, 0.2) is 5.11 Å². The van der Waals surface area contributed by atoms with Crippen molar-refractivity contribution in [3.8, 4) is 11.5 Å². The standard InChI is InChI=1S/C19H23N3O2S/c1-3-20-19(25)22-21-14-16-8-10-17(11-9-16)23-12-13-24-18-7-5-4-6-15(18)2/h4-11,14H,3,12-13H2,1-2H3,(H2,20,22,25). The summed E-state index contributed by atoms with van der Waals surface area (Å²) in [6.07, 6.45) is 1.70. The van der Waals surface area contributed by atoms with Gasteiger partial charge >= 0.3 is 0 Å². The summed E-state index contributed by atoms with van der Waals surface area (Å²) in [5.41, 5.74) is 4.82. The van der Waals surface area contributed by atoms with E-state index < -0.39 is 0 Å². The highest BCUT2D eigenvalue weighted by molar-refractivity contribution is 7.80. The minimum absolute atomic E-state index is 0.486. The number of aryl methyl sites for hydroxylation is 1. The summed E-state index contributed by atoms with van der Waals surface area (Å²) in [4.78, 5) is 0. The van der Waals surface area contributed by atoms with Crippen LogP contribution in [0.3, 0.4) is 0 Å². The number of nitrogens with one attached hydrogen (secondary N) is 2. The molecule has 0 spiro atoms. The second-order valence-corrected chi connectivity index (χ2v) is 5.67. The third-order valence-corrected chi connectivity index (χ3v) is 3.54. The SMILES string of the molecule is CCNC(=S)NN=Cc1ccc(OCCOc2ccccc2C)cc1. The number of hydrogen-bond donors (Lipinski definition) is 2. The van der Waals surface area contributed by atoms with Crippen LogP contribution >= 0.6 is 12.2 Å². The van der Waals surface area contributed by atoms with Gasteiger partial charge in [-0.3, -0.25) is 5.43 Å². The number of benzene rings is 2. The summed E-state index contributed by atoms with van der Waals surface area (Å²) in [6, 6.07) is 15.6. The van der Waals surface area contributed by atoms with Gasteiger partial charge in [-0.25, -0.2) is 0 Å². The third kappa shape index (κ3) is 6.81. The molecule has 0 heterocycles. The fourth-order valence-electron chi connectivity index (χ4n) is 2.05. The number of hydrazone groups is 1. The van der Waals surface area contributed by atoms with Crippen molar-refractivity contribution in [2.75, 3.05) is 19.8 Å². The van der Waals surface area contributed by atoms with Crippen molar-refractivity contribution in [2.24, 2.45) is 5.10 Å². The molecule has 0 aliphatic heterocycles. The van der Waals surface area contributed by atoms with Crippen LogP contribution in [-0.4, -0.2) is 31.1 Å². The molecule has 2 aromatic carbocycles. The molecule has 0 aromatic heterocycles. The van der Waals surface area contributed by atoms with Crippen LogP contribution in [0.25, 0.3) is 0 Å². The first kappa shape index (κ1) is 18.7. The molecule has 2 rings (SSSR count). The molecular formula is C19H23N3O2S. The van der Waals surface area contributed by atoms with Crippen LogP contribution in [0.1, 0.15) is 18.1 Å². The summed E-state index contributed by atoms with van der Waals surface area (Å²) >= 11 is 5.02. The van der Waals surface area contributed by atoms with Crippen molar-refractivity contribution in [2.45, 2.75) is 13.8 Å². The molecule has 0 atom stereocenters. The second kappa shape index (κ2) is 10.3. The lowest BCUT2D eigenvalue weighted by molar-refractivity contribution is 0.216. The normalized spacial score (nSPS) is 10.5. The molecule has 0 amide bonds. The first-order valence-electron chi connectivity index (χ1n) is 8.17. The fraction of sp³-hybridized carbons (Fsp3) is 0.263. The monoisotopic (exact) mass is 357 g/mol. The number of rotatable bonds is 8. The molecule has 0 saturated heterocycles. The molecule has 25 heavy (non-hydrogen) atoms. The summed E-state index contributed by atoms with van der Waals surface area (Å²) in [6.45, 7) is 5.75. The van der Waals surface area contributed by atoms with Gasteiger partial charge in [-0.1, -0.05) is 18.2 Å². The van der Waals surface area contributed by atoms with E-state index in [1.165, 1.54) is 0 Å². The molecule has 0 aliphatic carbocycles. The number of hydrogen-bond acceptors (Lipinski definition) is 4. The van der Waals surface area contributed by atoms with E-state index in [-0.39, 0.29) is 0 Å². The first-order valence-corrected chi connectivity index (χ1v) is 8.58. The van der Waals surface area contributed by atoms with Crippen LogP contribution in [-0.2, 0) is 0 Å². The van der Waals surface area contributed by atoms with Crippen LogP contribution in [0.5, 0.6) is 11.5 Å². The van der Waals surface area contributed by atoms with Gasteiger partial charge in [0.05, 0.1) is 6.21 Å². The van der Waals surface area contributed by atoms with E-state index in [0.29, 0.717) is 18.3 Å². The summed E-state index contributed by atoms with van der Waals surface area (Å²) in [7, 11) is 0. The Labute approximate surface area is 154 Å². The molecule has 0 aliphatic rings. The molecule has 0 fully saturated rings. The molecule has 0 unspecified atom stereocenters. The minimum atomic E-state index is 0.486. The molecule has 5 nitrogen and oxygen atoms in total. The van der Waals surface area contributed by atoms with E-state index in [0.717, 1.165) is 29.2 Å². The predicted octanol–water partition coefficient (Wildman–Crippen LogP) is 3.27. The second-order valence-electron chi connectivity index (χ2n) is 5.26. The number of para-hydroxylation sites is 1. The van der Waals surface area contributed by atoms with Crippen molar-refractivity contribution >= 4 is 23.5 Å². The smallest absolute Gasteiger partial charge is 0.186 e. The number of ether oxygens (including phenoxy) is 2. The maximum atomic E-state index is 5.71. The molecule has 6 heteroatoms. The topological polar surface area (TPSA) is 54.9 Å². The summed E-state index contributed by atoms with van der Waals surface area (Å²) in [5.74, 6) is 1.68. The van der Waals surface area contributed by atoms with E-state index in [1.807, 2.05) is 62.4 Å². The Morgan fingerprint density at radius 1 is 1.08 bits per heavy atom. The summed E-state index contributed by atoms with van der Waals surface area (Å²) < 4.78 is 11.4. The van der Waals surface area contributed by atoms with Crippen molar-refractivity contribution in [1.29, 1.82) is 0 Å². The Hall–Kier alpha value is -2.60. The first-order chi connectivity index (χ1) is 12.2. The van der Waals surface area contributed by atoms with Crippen molar-refractivity contribution in [3.63, 3.8) is 0 Å². The van der Waals surface area contributed by atoms with Gasteiger partial charge in [0.1, 0.15) is 24.7 Å². The maximum absolute atomic E-state index is 5.71. The largest absolute Gasteiger partial charge is 0.490 e. The van der Waals surface area contributed by atoms with Gasteiger partial charge in [0, 0.05) is 6.54 Å². The van der Waals surface area contributed by atoms with Crippen LogP contribution in [0.15, 0.2) is 53.6 Å². The van der Waals surface area contributed by atoms with Gasteiger partial charge in [0.2, 0.25) is 0 Å². The lowest BCUT2D eigenvalue weighted by Crippen LogP contribution is -2.31. The molecule has 0 radical (unpaired) electrons. The Morgan fingerprint density at radius 3 is 2.52 bits per heavy atom. The summed E-state index contributed by atoms with van der Waals surface area (Å²) in [5, 5.41) is 7.53. The zero-order valence-corrected chi connectivity index (χ0v) is 15.3. The molecule has 2 N–H and O–H groups in total. The van der Waals surface area contributed by atoms with Gasteiger partial charge in [0.25, 0.3) is 0 Å². The minimum Gasteiger partial charge on any atom is -0.490 e. The molecular weight excluding hydrogens is 334 g/mol. The van der Waals surface area contributed by atoms with Crippen LogP contribution < -0.4 is 20.2 Å². The molecule has 2 aromatic rings. The van der Waals surface area contributed by atoms with Gasteiger partial charge in [-0.15, -0.1) is 0 Å². The van der Waals surface area contributed by atoms with Crippen LogP contribution in [0.4, 0.5) is 0 Å². The van der Waals surface area contributed by atoms with E-state index in [9.17, 15) is 0 Å². The Balaban J connectivity index is 1.72. The molecule has 132 valence electrons. The van der Waals surface area contributed by atoms with Crippen molar-refractivity contribution in [1.82, 2.24) is 10.7 Å². The maximum Gasteiger partial charge on any atom is 0.186 e. The average molecular weight is 357 g/mol. The fourth-order valence-corrected chi connectivity index (χ4v) is 2.24. The quantitative estimate of drug-likeness (QED) is 0.329. The van der Waals surface area contributed by atoms with Crippen LogP contribution in [0, 0.1) is 6.92 Å². The van der Waals surface area contributed by atoms with Crippen LogP contribution in [0.2, 0.25) is 0 Å². The van der Waals surface area contributed by atoms with Gasteiger partial charge < -0.3 is 14.8 Å². The Kier molecular flexibility index (Phi) is 7.72. The van der Waals surface area contributed by atoms with Gasteiger partial charge in [-0.05, 0) is 67.5 Å². The van der Waals surface area contributed by atoms with Gasteiger partial charge in [-0.2, -0.15) is 5.10 Å². The van der Waals surface area contributed by atoms with E-state index >= 15 is 0 Å². The number of thiocarbonyl (C=S) groups is 1. The van der Waals surface area contributed by atoms with E-state index in [2.05, 4.69) is 15.8 Å². The predicted molar refractivity (Wildman–Crippen MR) is 106 cm³/mol. The average Bonchev–Trinajstić information content (AvgIpc) is 2.61. The molecule has 0 saturated carbocycles. The lowest BCUT2D eigenvalue weighted by Gasteiger charge is -2.10. The third-order valence-electron chi connectivity index (χ3n) is 3.30. The van der Waals surface area contributed by atoms with E-state index in [4.69, 9.17) is 21.7 Å². The molecule has 0 bridgehead atoms. The Bertz CT molecular complexity index is 702. The number of nitrogens with zero attached hydrogens (tertiary/aromatic N) is 1. The van der Waals surface area contributed by atoms with Crippen molar-refractivity contribution in [3.05, 3.63) is 59.7 Å². The highest BCUT2D eigenvalue weighted by Gasteiger charge is 1.98.